The molecule has 1 saturated heterocycles. The minimum atomic E-state index is -0.0781. The Balaban J connectivity index is 2.38. The molecule has 1 unspecified atom stereocenters. The zero-order valence-corrected chi connectivity index (χ0v) is 9.45. The first-order chi connectivity index (χ1) is 6.63. The summed E-state index contributed by atoms with van der Waals surface area (Å²) in [5, 5.41) is 0. The summed E-state index contributed by atoms with van der Waals surface area (Å²) < 4.78 is 4.70. The van der Waals surface area contributed by atoms with Crippen molar-refractivity contribution in [1.82, 2.24) is 4.90 Å². The van der Waals surface area contributed by atoms with Crippen LogP contribution in [0.5, 0.6) is 0 Å². The summed E-state index contributed by atoms with van der Waals surface area (Å²) in [5.74, 6) is 0.596. The van der Waals surface area contributed by atoms with Crippen molar-refractivity contribution >= 4 is 5.97 Å². The van der Waals surface area contributed by atoms with Crippen LogP contribution in [-0.4, -0.2) is 37.1 Å². The van der Waals surface area contributed by atoms with Crippen molar-refractivity contribution in [3.05, 3.63) is 0 Å². The molecule has 1 atom stereocenters. The maximum absolute atomic E-state index is 11.2. The van der Waals surface area contributed by atoms with Crippen molar-refractivity contribution in [3.8, 4) is 0 Å². The number of rotatable bonds is 4. The van der Waals surface area contributed by atoms with E-state index in [1.807, 2.05) is 0 Å². The fourth-order valence-corrected chi connectivity index (χ4v) is 2.11. The van der Waals surface area contributed by atoms with Crippen molar-refractivity contribution in [1.29, 1.82) is 0 Å². The predicted molar refractivity (Wildman–Crippen MR) is 56.1 cm³/mol. The molecule has 0 aromatic rings. The Kier molecular flexibility index (Phi) is 4.39. The highest BCUT2D eigenvalue weighted by atomic mass is 16.5. The molecule has 3 heteroatoms. The van der Waals surface area contributed by atoms with Gasteiger partial charge in [0.25, 0.3) is 0 Å². The molecule has 0 aromatic carbocycles. The number of carbonyl (C=O) groups excluding carboxylic acids is 1. The molecule has 0 N–H and O–H groups in total. The van der Waals surface area contributed by atoms with Crippen LogP contribution in [0.1, 0.15) is 33.1 Å². The monoisotopic (exact) mass is 199 g/mol. The van der Waals surface area contributed by atoms with Gasteiger partial charge >= 0.3 is 5.97 Å². The number of hydrogen-bond donors (Lipinski definition) is 0. The highest BCUT2D eigenvalue weighted by Gasteiger charge is 2.26. The lowest BCUT2D eigenvalue weighted by Gasteiger charge is -2.25. The molecule has 0 spiro atoms. The van der Waals surface area contributed by atoms with Gasteiger partial charge in [0.15, 0.2) is 0 Å². The maximum Gasteiger partial charge on any atom is 0.307 e. The Bertz CT molecular complexity index is 192. The van der Waals surface area contributed by atoms with Crippen molar-refractivity contribution in [2.75, 3.05) is 20.2 Å². The lowest BCUT2D eigenvalue weighted by Crippen LogP contribution is -2.34. The van der Waals surface area contributed by atoms with Gasteiger partial charge in [-0.05, 0) is 25.3 Å². The molecule has 0 aliphatic carbocycles. The molecule has 1 aliphatic rings. The number of esters is 1. The average Bonchev–Trinajstić information content (AvgIpc) is 2.52. The molecule has 1 fully saturated rings. The Morgan fingerprint density at radius 2 is 2.29 bits per heavy atom. The Morgan fingerprint density at radius 1 is 1.57 bits per heavy atom. The minimum Gasteiger partial charge on any atom is -0.469 e. The molecule has 0 saturated carbocycles. The molecule has 0 aromatic heterocycles. The van der Waals surface area contributed by atoms with Crippen molar-refractivity contribution in [2.45, 2.75) is 39.2 Å². The van der Waals surface area contributed by atoms with Crippen LogP contribution in [0.4, 0.5) is 0 Å². The Labute approximate surface area is 86.4 Å². The highest BCUT2D eigenvalue weighted by molar-refractivity contribution is 5.69. The zero-order chi connectivity index (χ0) is 10.6. The molecule has 1 rings (SSSR count). The second-order valence-corrected chi connectivity index (χ2v) is 4.47. The van der Waals surface area contributed by atoms with Crippen LogP contribution >= 0.6 is 0 Å². The van der Waals surface area contributed by atoms with Gasteiger partial charge in [0.05, 0.1) is 13.5 Å². The van der Waals surface area contributed by atoms with E-state index in [1.165, 1.54) is 13.5 Å². The molecule has 1 aliphatic heterocycles. The van der Waals surface area contributed by atoms with E-state index in [0.29, 0.717) is 18.4 Å². The molecular weight excluding hydrogens is 178 g/mol. The quantitative estimate of drug-likeness (QED) is 0.645. The number of nitrogens with zero attached hydrogens (tertiary/aromatic N) is 1. The summed E-state index contributed by atoms with van der Waals surface area (Å²) in [7, 11) is 1.46. The standard InChI is InChI=1S/C11H21NO2/c1-9(2)8-12-6-4-5-10(12)7-11(13)14-3/h9-10H,4-8H2,1-3H3. The van der Waals surface area contributed by atoms with E-state index in [4.69, 9.17) is 4.74 Å². The molecule has 0 amide bonds. The van der Waals surface area contributed by atoms with Gasteiger partial charge in [-0.2, -0.15) is 0 Å². The summed E-state index contributed by atoms with van der Waals surface area (Å²) >= 11 is 0. The fourth-order valence-electron chi connectivity index (χ4n) is 2.11. The minimum absolute atomic E-state index is 0.0781. The van der Waals surface area contributed by atoms with Crippen LogP contribution in [0.3, 0.4) is 0 Å². The van der Waals surface area contributed by atoms with Crippen LogP contribution in [-0.2, 0) is 9.53 Å². The zero-order valence-electron chi connectivity index (χ0n) is 9.45. The van der Waals surface area contributed by atoms with Gasteiger partial charge in [0, 0.05) is 12.6 Å². The van der Waals surface area contributed by atoms with E-state index in [0.717, 1.165) is 19.5 Å². The van der Waals surface area contributed by atoms with Gasteiger partial charge in [-0.15, -0.1) is 0 Å². The third-order valence-corrected chi connectivity index (χ3v) is 2.73. The van der Waals surface area contributed by atoms with E-state index in [2.05, 4.69) is 18.7 Å². The number of methoxy groups -OCH3 is 1. The first kappa shape index (κ1) is 11.5. The third kappa shape index (κ3) is 3.29. The number of ether oxygens (including phenoxy) is 1. The normalized spacial score (nSPS) is 23.0. The third-order valence-electron chi connectivity index (χ3n) is 2.73. The number of likely N-dealkylation sites (tertiary alicyclic amines) is 1. The Hall–Kier alpha value is -0.570. The summed E-state index contributed by atoms with van der Waals surface area (Å²) in [6.07, 6.45) is 2.92. The van der Waals surface area contributed by atoms with Gasteiger partial charge in [0.1, 0.15) is 0 Å². The van der Waals surface area contributed by atoms with Gasteiger partial charge in [-0.3, -0.25) is 9.69 Å². The first-order valence-corrected chi connectivity index (χ1v) is 5.44. The van der Waals surface area contributed by atoms with Gasteiger partial charge in [-0.1, -0.05) is 13.8 Å². The van der Waals surface area contributed by atoms with E-state index >= 15 is 0 Å². The van der Waals surface area contributed by atoms with Crippen molar-refractivity contribution in [2.24, 2.45) is 5.92 Å². The molecule has 0 radical (unpaired) electrons. The van der Waals surface area contributed by atoms with Crippen molar-refractivity contribution < 1.29 is 9.53 Å². The summed E-state index contributed by atoms with van der Waals surface area (Å²) in [5.41, 5.74) is 0. The van der Waals surface area contributed by atoms with Gasteiger partial charge in [-0.25, -0.2) is 0 Å². The van der Waals surface area contributed by atoms with Crippen molar-refractivity contribution in [3.63, 3.8) is 0 Å². The lowest BCUT2D eigenvalue weighted by atomic mass is 10.1. The smallest absolute Gasteiger partial charge is 0.307 e. The summed E-state index contributed by atoms with van der Waals surface area (Å²) in [6.45, 7) is 6.67. The summed E-state index contributed by atoms with van der Waals surface area (Å²) in [4.78, 5) is 13.6. The van der Waals surface area contributed by atoms with E-state index in [-0.39, 0.29) is 5.97 Å². The van der Waals surface area contributed by atoms with E-state index in [9.17, 15) is 4.79 Å². The Morgan fingerprint density at radius 3 is 2.86 bits per heavy atom. The molecule has 3 nitrogen and oxygen atoms in total. The van der Waals surface area contributed by atoms with E-state index < -0.39 is 0 Å². The number of hydrogen-bond acceptors (Lipinski definition) is 3. The van der Waals surface area contributed by atoms with Crippen LogP contribution in [0.2, 0.25) is 0 Å². The lowest BCUT2D eigenvalue weighted by molar-refractivity contribution is -0.141. The second kappa shape index (κ2) is 5.35. The summed E-state index contributed by atoms with van der Waals surface area (Å²) in [6, 6.07) is 0.421. The van der Waals surface area contributed by atoms with E-state index in [1.54, 1.807) is 0 Å². The molecule has 0 bridgehead atoms. The predicted octanol–water partition coefficient (Wildman–Crippen LogP) is 1.67. The highest BCUT2D eigenvalue weighted by Crippen LogP contribution is 2.21. The van der Waals surface area contributed by atoms with Crippen LogP contribution in [0, 0.1) is 5.92 Å². The van der Waals surface area contributed by atoms with Crippen LogP contribution < -0.4 is 0 Å². The van der Waals surface area contributed by atoms with Crippen LogP contribution in [0.25, 0.3) is 0 Å². The topological polar surface area (TPSA) is 29.5 Å². The fraction of sp³-hybridized carbons (Fsp3) is 0.909. The SMILES string of the molecule is COC(=O)CC1CCCN1CC(C)C. The molecular formula is C11H21NO2. The molecule has 82 valence electrons. The molecule has 1 heterocycles. The average molecular weight is 199 g/mol. The second-order valence-electron chi connectivity index (χ2n) is 4.47. The largest absolute Gasteiger partial charge is 0.469 e. The first-order valence-electron chi connectivity index (χ1n) is 5.44. The van der Waals surface area contributed by atoms with Gasteiger partial charge in [0.2, 0.25) is 0 Å². The number of carbonyl (C=O) groups is 1. The molecule has 14 heavy (non-hydrogen) atoms. The van der Waals surface area contributed by atoms with Crippen LogP contribution in [0.15, 0.2) is 0 Å². The van der Waals surface area contributed by atoms with Gasteiger partial charge < -0.3 is 4.74 Å². The maximum atomic E-state index is 11.2.